The Balaban J connectivity index is 2.33. The second kappa shape index (κ2) is 6.69. The molecule has 2 nitrogen and oxygen atoms in total. The first-order valence-corrected chi connectivity index (χ1v) is 7.44. The fraction of sp³-hybridized carbons (Fsp3) is 0.300. The fourth-order valence-electron chi connectivity index (χ4n) is 3.00. The molecule has 0 aromatic heterocycles. The lowest BCUT2D eigenvalue weighted by Crippen LogP contribution is -1.92. The Hall–Kier alpha value is -2.22. The summed E-state index contributed by atoms with van der Waals surface area (Å²) in [5.41, 5.74) is 6.99. The third-order valence-electron chi connectivity index (χ3n) is 3.84. The molecule has 0 aliphatic carbocycles. The van der Waals surface area contributed by atoms with Gasteiger partial charge < -0.3 is 9.47 Å². The average Bonchev–Trinajstić information content (AvgIpc) is 2.44. The number of aryl methyl sites for hydroxylation is 4. The molecule has 2 heteroatoms. The Labute approximate surface area is 133 Å². The van der Waals surface area contributed by atoms with Crippen molar-refractivity contribution in [1.82, 2.24) is 0 Å². The first kappa shape index (κ1) is 16.2. The minimum Gasteiger partial charge on any atom is -0.496 e. The van der Waals surface area contributed by atoms with Gasteiger partial charge in [-0.3, -0.25) is 0 Å². The van der Waals surface area contributed by atoms with Gasteiger partial charge in [-0.15, -0.1) is 0 Å². The largest absolute Gasteiger partial charge is 0.496 e. The predicted octanol–water partition coefficient (Wildman–Crippen LogP) is 5.11. The summed E-state index contributed by atoms with van der Waals surface area (Å²) in [5.74, 6) is 1.93. The summed E-state index contributed by atoms with van der Waals surface area (Å²) in [6, 6.07) is 8.58. The zero-order valence-corrected chi connectivity index (χ0v) is 14.3. The van der Waals surface area contributed by atoms with Gasteiger partial charge in [-0.25, -0.2) is 0 Å². The van der Waals surface area contributed by atoms with E-state index < -0.39 is 0 Å². The van der Waals surface area contributed by atoms with Gasteiger partial charge in [-0.2, -0.15) is 0 Å². The molecule has 0 heterocycles. The highest BCUT2D eigenvalue weighted by molar-refractivity contribution is 5.72. The number of benzene rings is 2. The molecule has 0 aliphatic heterocycles. The van der Waals surface area contributed by atoms with Crippen molar-refractivity contribution in [3.8, 4) is 11.5 Å². The summed E-state index contributed by atoms with van der Waals surface area (Å²) >= 11 is 0. The normalized spacial score (nSPS) is 11.0. The van der Waals surface area contributed by atoms with Gasteiger partial charge in [0.15, 0.2) is 0 Å². The molecule has 0 fully saturated rings. The van der Waals surface area contributed by atoms with Crippen molar-refractivity contribution >= 4 is 12.2 Å². The highest BCUT2D eigenvalue weighted by Gasteiger charge is 2.05. The van der Waals surface area contributed by atoms with Gasteiger partial charge >= 0.3 is 0 Å². The van der Waals surface area contributed by atoms with Crippen LogP contribution in [-0.2, 0) is 0 Å². The molecule has 0 atom stereocenters. The zero-order chi connectivity index (χ0) is 16.3. The summed E-state index contributed by atoms with van der Waals surface area (Å²) in [6.45, 7) is 8.30. The number of methoxy groups -OCH3 is 2. The molecule has 2 aromatic carbocycles. The van der Waals surface area contributed by atoms with Crippen LogP contribution in [0.1, 0.15) is 33.4 Å². The molecule has 2 aromatic rings. The highest BCUT2D eigenvalue weighted by Crippen LogP contribution is 2.27. The van der Waals surface area contributed by atoms with Crippen molar-refractivity contribution < 1.29 is 9.47 Å². The predicted molar refractivity (Wildman–Crippen MR) is 93.9 cm³/mol. The Morgan fingerprint density at radius 3 is 1.09 bits per heavy atom. The molecule has 0 unspecified atom stereocenters. The average molecular weight is 296 g/mol. The van der Waals surface area contributed by atoms with E-state index in [1.807, 2.05) is 0 Å². The number of rotatable bonds is 4. The summed E-state index contributed by atoms with van der Waals surface area (Å²) in [5, 5.41) is 0. The molecule has 0 amide bonds. The third-order valence-corrected chi connectivity index (χ3v) is 3.84. The van der Waals surface area contributed by atoms with E-state index >= 15 is 0 Å². The van der Waals surface area contributed by atoms with Crippen LogP contribution in [0.4, 0.5) is 0 Å². The SMILES string of the molecule is COc1c(C)cc(C=Cc2cc(C)c(OC)c(C)c2)cc1C. The molecule has 2 rings (SSSR count). The van der Waals surface area contributed by atoms with Crippen molar-refractivity contribution in [2.45, 2.75) is 27.7 Å². The lowest BCUT2D eigenvalue weighted by Gasteiger charge is -2.10. The van der Waals surface area contributed by atoms with Crippen molar-refractivity contribution in [3.63, 3.8) is 0 Å². The Bertz CT molecular complexity index is 604. The van der Waals surface area contributed by atoms with E-state index in [2.05, 4.69) is 64.1 Å². The van der Waals surface area contributed by atoms with E-state index in [0.717, 1.165) is 33.8 Å². The van der Waals surface area contributed by atoms with Crippen LogP contribution in [0.15, 0.2) is 24.3 Å². The molecule has 0 saturated heterocycles. The van der Waals surface area contributed by atoms with Crippen LogP contribution in [0.2, 0.25) is 0 Å². The number of ether oxygens (including phenoxy) is 2. The minimum absolute atomic E-state index is 0.966. The van der Waals surface area contributed by atoms with Crippen LogP contribution in [0.3, 0.4) is 0 Å². The van der Waals surface area contributed by atoms with E-state index in [4.69, 9.17) is 9.47 Å². The maximum atomic E-state index is 5.41. The van der Waals surface area contributed by atoms with Crippen molar-refractivity contribution in [3.05, 3.63) is 57.6 Å². The van der Waals surface area contributed by atoms with Crippen molar-refractivity contribution in [2.75, 3.05) is 14.2 Å². The van der Waals surface area contributed by atoms with E-state index in [1.54, 1.807) is 14.2 Å². The van der Waals surface area contributed by atoms with Crippen LogP contribution >= 0.6 is 0 Å². The molecule has 22 heavy (non-hydrogen) atoms. The Morgan fingerprint density at radius 2 is 0.864 bits per heavy atom. The molecule has 0 bridgehead atoms. The van der Waals surface area contributed by atoms with Crippen LogP contribution in [0.5, 0.6) is 11.5 Å². The zero-order valence-electron chi connectivity index (χ0n) is 14.3. The number of hydrogen-bond acceptors (Lipinski definition) is 2. The summed E-state index contributed by atoms with van der Waals surface area (Å²) in [6.07, 6.45) is 4.28. The molecular weight excluding hydrogens is 272 g/mol. The third kappa shape index (κ3) is 3.33. The van der Waals surface area contributed by atoms with E-state index in [9.17, 15) is 0 Å². The molecule has 0 radical (unpaired) electrons. The van der Waals surface area contributed by atoms with Gasteiger partial charge in [0.1, 0.15) is 11.5 Å². The lowest BCUT2D eigenvalue weighted by molar-refractivity contribution is 0.408. The van der Waals surface area contributed by atoms with Gasteiger partial charge in [0.25, 0.3) is 0 Å². The lowest BCUT2D eigenvalue weighted by atomic mass is 10.0. The maximum absolute atomic E-state index is 5.41. The van der Waals surface area contributed by atoms with E-state index in [1.165, 1.54) is 11.1 Å². The molecule has 0 N–H and O–H groups in total. The second-order valence-corrected chi connectivity index (χ2v) is 5.71. The Morgan fingerprint density at radius 1 is 0.591 bits per heavy atom. The van der Waals surface area contributed by atoms with Gasteiger partial charge in [0.2, 0.25) is 0 Å². The monoisotopic (exact) mass is 296 g/mol. The molecule has 0 aliphatic rings. The van der Waals surface area contributed by atoms with Gasteiger partial charge in [0.05, 0.1) is 14.2 Å². The van der Waals surface area contributed by atoms with Crippen LogP contribution in [0.25, 0.3) is 12.2 Å². The fourth-order valence-corrected chi connectivity index (χ4v) is 3.00. The van der Waals surface area contributed by atoms with Gasteiger partial charge in [-0.1, -0.05) is 12.2 Å². The standard InChI is InChI=1S/C20H24O2/c1-13-9-17(10-14(2)19(13)21-5)7-8-18-11-15(3)20(22-6)16(4)12-18/h7-12H,1-6H3. The summed E-state index contributed by atoms with van der Waals surface area (Å²) in [7, 11) is 3.43. The second-order valence-electron chi connectivity index (χ2n) is 5.71. The number of hydrogen-bond donors (Lipinski definition) is 0. The molecule has 0 spiro atoms. The maximum Gasteiger partial charge on any atom is 0.124 e. The molecule has 116 valence electrons. The van der Waals surface area contributed by atoms with Crippen molar-refractivity contribution in [1.29, 1.82) is 0 Å². The van der Waals surface area contributed by atoms with Crippen LogP contribution in [-0.4, -0.2) is 14.2 Å². The van der Waals surface area contributed by atoms with E-state index in [0.29, 0.717) is 0 Å². The van der Waals surface area contributed by atoms with Crippen molar-refractivity contribution in [2.24, 2.45) is 0 Å². The first-order chi connectivity index (χ1) is 10.5. The topological polar surface area (TPSA) is 18.5 Å². The summed E-state index contributed by atoms with van der Waals surface area (Å²) < 4.78 is 10.8. The quantitative estimate of drug-likeness (QED) is 0.730. The minimum atomic E-state index is 0.966. The van der Waals surface area contributed by atoms with Gasteiger partial charge in [0, 0.05) is 0 Å². The molecular formula is C20H24O2. The van der Waals surface area contributed by atoms with Crippen LogP contribution in [0, 0.1) is 27.7 Å². The summed E-state index contributed by atoms with van der Waals surface area (Å²) in [4.78, 5) is 0. The first-order valence-electron chi connectivity index (χ1n) is 7.44. The Kier molecular flexibility index (Phi) is 4.92. The van der Waals surface area contributed by atoms with Gasteiger partial charge in [-0.05, 0) is 85.3 Å². The van der Waals surface area contributed by atoms with E-state index in [-0.39, 0.29) is 0 Å². The molecule has 0 saturated carbocycles. The van der Waals surface area contributed by atoms with Crippen LogP contribution < -0.4 is 9.47 Å². The smallest absolute Gasteiger partial charge is 0.124 e. The highest BCUT2D eigenvalue weighted by atomic mass is 16.5.